The van der Waals surface area contributed by atoms with Gasteiger partial charge in [-0.3, -0.25) is 4.79 Å². The third-order valence-corrected chi connectivity index (χ3v) is 3.84. The first-order chi connectivity index (χ1) is 9.88. The lowest BCUT2D eigenvalue weighted by molar-refractivity contribution is -0.159. The van der Waals surface area contributed by atoms with Crippen LogP contribution in [0.4, 0.5) is 4.39 Å². The summed E-state index contributed by atoms with van der Waals surface area (Å²) in [6.45, 7) is -1.02. The Morgan fingerprint density at radius 3 is 2.29 bits per heavy atom. The Hall–Kier alpha value is -1.39. The number of carbonyl (C=O) groups excluding carboxylic acids is 3. The molecule has 1 fully saturated rings. The highest BCUT2D eigenvalue weighted by atomic mass is 32.2. The van der Waals surface area contributed by atoms with Crippen molar-refractivity contribution in [2.75, 3.05) is 19.8 Å². The summed E-state index contributed by atoms with van der Waals surface area (Å²) in [6, 6.07) is 0. The summed E-state index contributed by atoms with van der Waals surface area (Å²) in [7, 11) is 0. The smallest absolute Gasteiger partial charge is 0.332 e. The molecule has 1 saturated heterocycles. The Balaban J connectivity index is 2.72. The zero-order chi connectivity index (χ0) is 16.0. The highest BCUT2D eigenvalue weighted by Crippen LogP contribution is 2.39. The van der Waals surface area contributed by atoms with Crippen LogP contribution >= 0.6 is 11.8 Å². The molecule has 4 atom stereocenters. The summed E-state index contributed by atoms with van der Waals surface area (Å²) < 4.78 is 28.2. The topological polar surface area (TPSA) is 119 Å². The quantitative estimate of drug-likeness (QED) is 0.456. The van der Waals surface area contributed by atoms with E-state index in [4.69, 9.17) is 19.7 Å². The summed E-state index contributed by atoms with van der Waals surface area (Å²) in [5.74, 6) is -2.69. The summed E-state index contributed by atoms with van der Waals surface area (Å²) in [4.78, 5) is 32.8. The van der Waals surface area contributed by atoms with Crippen molar-refractivity contribution >= 4 is 29.7 Å². The first-order valence-corrected chi connectivity index (χ1v) is 6.87. The van der Waals surface area contributed by atoms with Crippen LogP contribution in [-0.2, 0) is 28.6 Å². The van der Waals surface area contributed by atoms with Crippen molar-refractivity contribution in [3.8, 4) is 0 Å². The SMILES string of the molecule is CC(=O)OC1S[C@H](COC(=O)CO)[C@@H](OC(=O)CO)[C@@H]1F. The van der Waals surface area contributed by atoms with Crippen molar-refractivity contribution in [2.24, 2.45) is 0 Å². The fourth-order valence-electron chi connectivity index (χ4n) is 1.63. The van der Waals surface area contributed by atoms with Gasteiger partial charge in [-0.2, -0.15) is 0 Å². The van der Waals surface area contributed by atoms with Gasteiger partial charge in [0.05, 0.1) is 5.25 Å². The van der Waals surface area contributed by atoms with Gasteiger partial charge in [-0.05, 0) is 0 Å². The van der Waals surface area contributed by atoms with E-state index in [-0.39, 0.29) is 6.61 Å². The average Bonchev–Trinajstić information content (AvgIpc) is 2.72. The zero-order valence-corrected chi connectivity index (χ0v) is 11.9. The number of halogens is 1. The molecular weight excluding hydrogens is 311 g/mol. The molecule has 0 bridgehead atoms. The molecule has 10 heteroatoms. The largest absolute Gasteiger partial charge is 0.463 e. The first-order valence-electron chi connectivity index (χ1n) is 5.92. The highest BCUT2D eigenvalue weighted by Gasteiger charge is 2.49. The number of carbonyl (C=O) groups is 3. The van der Waals surface area contributed by atoms with E-state index < -0.39 is 54.1 Å². The maximum atomic E-state index is 14.1. The van der Waals surface area contributed by atoms with Crippen LogP contribution < -0.4 is 0 Å². The molecule has 1 rings (SSSR count). The number of hydrogen-bond acceptors (Lipinski definition) is 9. The maximum Gasteiger partial charge on any atom is 0.332 e. The van der Waals surface area contributed by atoms with Crippen molar-refractivity contribution in [1.82, 2.24) is 0 Å². The van der Waals surface area contributed by atoms with Gasteiger partial charge in [0.2, 0.25) is 0 Å². The fraction of sp³-hybridized carbons (Fsp3) is 0.727. The summed E-state index contributed by atoms with van der Waals surface area (Å²) in [5.41, 5.74) is -1.21. The minimum absolute atomic E-state index is 0.342. The Labute approximate surface area is 123 Å². The van der Waals surface area contributed by atoms with Crippen molar-refractivity contribution in [2.45, 2.75) is 29.9 Å². The van der Waals surface area contributed by atoms with E-state index in [1.807, 2.05) is 0 Å². The van der Waals surface area contributed by atoms with Crippen LogP contribution in [0.25, 0.3) is 0 Å². The van der Waals surface area contributed by atoms with Gasteiger partial charge in [-0.1, -0.05) is 0 Å². The minimum Gasteiger partial charge on any atom is -0.463 e. The van der Waals surface area contributed by atoms with E-state index in [1.54, 1.807) is 0 Å². The number of hydrogen-bond donors (Lipinski definition) is 2. The number of alkyl halides is 1. The molecule has 0 aliphatic carbocycles. The number of ether oxygens (including phenoxy) is 3. The Morgan fingerprint density at radius 1 is 1.14 bits per heavy atom. The van der Waals surface area contributed by atoms with Gasteiger partial charge >= 0.3 is 17.9 Å². The number of aliphatic hydroxyl groups excluding tert-OH is 2. The lowest BCUT2D eigenvalue weighted by atomic mass is 10.1. The Bertz CT molecular complexity index is 404. The third-order valence-electron chi connectivity index (χ3n) is 2.47. The summed E-state index contributed by atoms with van der Waals surface area (Å²) in [6.07, 6.45) is -3.17. The van der Waals surface area contributed by atoms with E-state index in [0.29, 0.717) is 0 Å². The van der Waals surface area contributed by atoms with Crippen molar-refractivity contribution < 1.29 is 43.2 Å². The van der Waals surface area contributed by atoms with Crippen LogP contribution in [0.1, 0.15) is 6.92 Å². The minimum atomic E-state index is -1.83. The van der Waals surface area contributed by atoms with E-state index in [9.17, 15) is 18.8 Å². The standard InChI is InChI=1S/C11H15FO8S/c1-5(15)19-11-9(12)10(20-8(17)3-14)6(21-11)4-18-7(16)2-13/h6,9-11,13-14H,2-4H2,1H3/t6-,9+,10-,11?/m1/s1. The van der Waals surface area contributed by atoms with Crippen LogP contribution in [-0.4, -0.2) is 70.9 Å². The molecule has 0 saturated carbocycles. The Kier molecular flexibility index (Phi) is 6.85. The number of aliphatic hydroxyl groups is 2. The van der Waals surface area contributed by atoms with E-state index in [2.05, 4.69) is 4.74 Å². The van der Waals surface area contributed by atoms with E-state index in [0.717, 1.165) is 18.7 Å². The molecule has 21 heavy (non-hydrogen) atoms. The van der Waals surface area contributed by atoms with Gasteiger partial charge in [-0.25, -0.2) is 14.0 Å². The third kappa shape index (κ3) is 5.14. The van der Waals surface area contributed by atoms with Crippen LogP contribution in [0.15, 0.2) is 0 Å². The second kappa shape index (κ2) is 8.15. The molecule has 0 aromatic rings. The molecule has 1 unspecified atom stereocenters. The normalized spacial score (nSPS) is 28.0. The molecule has 0 aromatic heterocycles. The molecule has 0 spiro atoms. The van der Waals surface area contributed by atoms with Crippen molar-refractivity contribution in [1.29, 1.82) is 0 Å². The van der Waals surface area contributed by atoms with Gasteiger partial charge in [0.15, 0.2) is 17.7 Å². The van der Waals surface area contributed by atoms with Gasteiger partial charge < -0.3 is 24.4 Å². The summed E-state index contributed by atoms with van der Waals surface area (Å²) in [5, 5.41) is 16.3. The van der Waals surface area contributed by atoms with Crippen molar-refractivity contribution in [3.05, 3.63) is 0 Å². The monoisotopic (exact) mass is 326 g/mol. The van der Waals surface area contributed by atoms with E-state index in [1.165, 1.54) is 0 Å². The number of thioether (sulfide) groups is 1. The van der Waals surface area contributed by atoms with Gasteiger partial charge in [0.1, 0.15) is 19.8 Å². The Morgan fingerprint density at radius 2 is 1.76 bits per heavy atom. The van der Waals surface area contributed by atoms with Gasteiger partial charge in [0.25, 0.3) is 0 Å². The maximum absolute atomic E-state index is 14.1. The van der Waals surface area contributed by atoms with Crippen molar-refractivity contribution in [3.63, 3.8) is 0 Å². The van der Waals surface area contributed by atoms with Crippen LogP contribution in [0.2, 0.25) is 0 Å². The molecule has 0 radical (unpaired) electrons. The van der Waals surface area contributed by atoms with E-state index >= 15 is 0 Å². The molecular formula is C11H15FO8S. The second-order valence-electron chi connectivity index (χ2n) is 4.05. The molecule has 2 N–H and O–H groups in total. The van der Waals surface area contributed by atoms with Crippen LogP contribution in [0.3, 0.4) is 0 Å². The molecule has 1 heterocycles. The predicted molar refractivity (Wildman–Crippen MR) is 66.8 cm³/mol. The second-order valence-corrected chi connectivity index (χ2v) is 5.39. The summed E-state index contributed by atoms with van der Waals surface area (Å²) >= 11 is 0.824. The molecule has 1 aliphatic heterocycles. The molecule has 8 nitrogen and oxygen atoms in total. The lowest BCUT2D eigenvalue weighted by Crippen LogP contribution is -2.38. The molecule has 0 aromatic carbocycles. The van der Waals surface area contributed by atoms with Gasteiger partial charge in [0, 0.05) is 6.92 Å². The first kappa shape index (κ1) is 17.7. The van der Waals surface area contributed by atoms with Gasteiger partial charge in [-0.15, -0.1) is 11.8 Å². The predicted octanol–water partition coefficient (Wildman–Crippen LogP) is -1.23. The number of esters is 3. The number of rotatable bonds is 6. The molecule has 0 amide bonds. The molecule has 1 aliphatic rings. The average molecular weight is 326 g/mol. The highest BCUT2D eigenvalue weighted by molar-refractivity contribution is 8.00. The van der Waals surface area contributed by atoms with Crippen LogP contribution in [0.5, 0.6) is 0 Å². The fourth-order valence-corrected chi connectivity index (χ4v) is 2.97. The zero-order valence-electron chi connectivity index (χ0n) is 11.1. The van der Waals surface area contributed by atoms with Crippen LogP contribution in [0, 0.1) is 0 Å². The lowest BCUT2D eigenvalue weighted by Gasteiger charge is -2.19. The molecule has 120 valence electrons.